The maximum Gasteiger partial charge on any atom is 0.263 e. The van der Waals surface area contributed by atoms with Gasteiger partial charge in [0, 0.05) is 25.0 Å². The van der Waals surface area contributed by atoms with Gasteiger partial charge in [0.2, 0.25) is 11.8 Å². The fraction of sp³-hybridized carbons (Fsp3) is 0.556. The number of aromatic nitrogens is 2. The zero-order chi connectivity index (χ0) is 19.0. The highest BCUT2D eigenvalue weighted by Gasteiger charge is 2.27. The Labute approximate surface area is 164 Å². The molecule has 1 fully saturated rings. The van der Waals surface area contributed by atoms with E-state index >= 15 is 0 Å². The third-order valence-electron chi connectivity index (χ3n) is 5.01. The molecule has 27 heavy (non-hydrogen) atoms. The second-order valence-electron chi connectivity index (χ2n) is 6.71. The van der Waals surface area contributed by atoms with Crippen LogP contribution in [0.4, 0.5) is 0 Å². The molecule has 0 atom stereocenters. The van der Waals surface area contributed by atoms with Gasteiger partial charge >= 0.3 is 0 Å². The number of fused-ring (bicyclic) bond motifs is 3. The van der Waals surface area contributed by atoms with E-state index in [2.05, 4.69) is 0 Å². The van der Waals surface area contributed by atoms with Crippen molar-refractivity contribution in [3.63, 3.8) is 0 Å². The van der Waals surface area contributed by atoms with E-state index in [0.29, 0.717) is 31.3 Å². The van der Waals surface area contributed by atoms with E-state index in [1.165, 1.54) is 21.5 Å². The number of hydrogen-bond donors (Lipinski definition) is 0. The molecule has 2 amide bonds. The summed E-state index contributed by atoms with van der Waals surface area (Å²) in [6, 6.07) is 0. The van der Waals surface area contributed by atoms with Crippen LogP contribution in [0.3, 0.4) is 0 Å². The molecule has 0 aromatic carbocycles. The van der Waals surface area contributed by atoms with Crippen molar-refractivity contribution in [2.75, 3.05) is 26.0 Å². The predicted molar refractivity (Wildman–Crippen MR) is 104 cm³/mol. The Balaban J connectivity index is 1.65. The summed E-state index contributed by atoms with van der Waals surface area (Å²) in [4.78, 5) is 45.3. The molecule has 2 aromatic rings. The lowest BCUT2D eigenvalue weighted by atomic mass is 10.2. The van der Waals surface area contributed by atoms with Crippen LogP contribution >= 0.6 is 23.1 Å². The molecule has 2 aliphatic rings. The van der Waals surface area contributed by atoms with E-state index in [9.17, 15) is 14.4 Å². The van der Waals surface area contributed by atoms with Gasteiger partial charge in [-0.05, 0) is 31.2 Å². The van der Waals surface area contributed by atoms with Gasteiger partial charge in [0.25, 0.3) is 5.56 Å². The molecule has 0 saturated carbocycles. The van der Waals surface area contributed by atoms with E-state index in [1.54, 1.807) is 23.0 Å². The Morgan fingerprint density at radius 3 is 2.85 bits per heavy atom. The smallest absolute Gasteiger partial charge is 0.263 e. The summed E-state index contributed by atoms with van der Waals surface area (Å²) in [6.45, 7) is 1.27. The fourth-order valence-corrected chi connectivity index (χ4v) is 5.87. The molecule has 2 aromatic heterocycles. The first-order valence-electron chi connectivity index (χ1n) is 9.10. The quantitative estimate of drug-likeness (QED) is 0.537. The lowest BCUT2D eigenvalue weighted by Crippen LogP contribution is -2.33. The first-order valence-corrected chi connectivity index (χ1v) is 10.9. The van der Waals surface area contributed by atoms with Crippen molar-refractivity contribution in [2.45, 2.75) is 43.8 Å². The first-order chi connectivity index (χ1) is 13.1. The number of thiophene rings is 1. The molecule has 144 valence electrons. The Hall–Kier alpha value is -1.71. The summed E-state index contributed by atoms with van der Waals surface area (Å²) >= 11 is 2.81. The Kier molecular flexibility index (Phi) is 5.34. The topological polar surface area (TPSA) is 81.5 Å². The van der Waals surface area contributed by atoms with Gasteiger partial charge in [-0.1, -0.05) is 11.8 Å². The summed E-state index contributed by atoms with van der Waals surface area (Å²) in [5.74, 6) is -0.235. The number of hydrogen-bond acceptors (Lipinski definition) is 7. The molecule has 7 nitrogen and oxygen atoms in total. The Bertz CT molecular complexity index is 966. The number of aryl methyl sites for hydroxylation is 2. The van der Waals surface area contributed by atoms with Crippen molar-refractivity contribution < 1.29 is 14.3 Å². The minimum Gasteiger partial charge on any atom is -0.383 e. The Morgan fingerprint density at radius 2 is 2.11 bits per heavy atom. The number of likely N-dealkylation sites (tertiary alicyclic amines) is 1. The molecule has 0 unspecified atom stereocenters. The number of rotatable bonds is 6. The second kappa shape index (κ2) is 7.73. The molecule has 0 N–H and O–H groups in total. The van der Waals surface area contributed by atoms with Crippen molar-refractivity contribution in [1.82, 2.24) is 14.5 Å². The molecule has 1 aliphatic heterocycles. The van der Waals surface area contributed by atoms with Crippen molar-refractivity contribution in [1.29, 1.82) is 0 Å². The van der Waals surface area contributed by atoms with Gasteiger partial charge < -0.3 is 4.74 Å². The number of nitrogens with zero attached hydrogens (tertiary/aromatic N) is 3. The van der Waals surface area contributed by atoms with Crippen LogP contribution in [0.2, 0.25) is 0 Å². The lowest BCUT2D eigenvalue weighted by molar-refractivity contribution is -0.140. The number of carbonyl (C=O) groups is 2. The Morgan fingerprint density at radius 1 is 1.26 bits per heavy atom. The number of imide groups is 1. The largest absolute Gasteiger partial charge is 0.383 e. The SMILES string of the molecule is COCCn1c(SCC(=O)N2CCCC2=O)nc2sc3c(c2c1=O)CCC3. The van der Waals surface area contributed by atoms with Crippen LogP contribution in [0.15, 0.2) is 9.95 Å². The maximum absolute atomic E-state index is 13.1. The normalized spacial score (nSPS) is 16.5. The molecular weight excluding hydrogens is 386 g/mol. The third-order valence-corrected chi connectivity index (χ3v) is 7.15. The summed E-state index contributed by atoms with van der Waals surface area (Å²) < 4.78 is 6.76. The first kappa shape index (κ1) is 18.6. The number of amides is 2. The fourth-order valence-electron chi connectivity index (χ4n) is 3.66. The number of thioether (sulfide) groups is 1. The average molecular weight is 408 g/mol. The van der Waals surface area contributed by atoms with E-state index < -0.39 is 0 Å². The van der Waals surface area contributed by atoms with Gasteiger partial charge in [0.1, 0.15) is 4.83 Å². The highest BCUT2D eigenvalue weighted by atomic mass is 32.2. The van der Waals surface area contributed by atoms with Crippen LogP contribution in [0, 0.1) is 0 Å². The highest BCUT2D eigenvalue weighted by Crippen LogP contribution is 2.35. The van der Waals surface area contributed by atoms with Gasteiger partial charge in [-0.15, -0.1) is 11.3 Å². The molecule has 1 saturated heterocycles. The minimum absolute atomic E-state index is 0.0522. The molecule has 0 radical (unpaired) electrons. The van der Waals surface area contributed by atoms with Gasteiger partial charge in [0.15, 0.2) is 5.16 Å². The summed E-state index contributed by atoms with van der Waals surface area (Å²) in [5, 5.41) is 1.25. The van der Waals surface area contributed by atoms with E-state index in [1.807, 2.05) is 0 Å². The van der Waals surface area contributed by atoms with Crippen molar-refractivity contribution >= 4 is 45.1 Å². The predicted octanol–water partition coefficient (Wildman–Crippen LogP) is 1.83. The van der Waals surface area contributed by atoms with Gasteiger partial charge in [-0.2, -0.15) is 0 Å². The molecule has 3 heterocycles. The van der Waals surface area contributed by atoms with Crippen molar-refractivity contribution in [2.24, 2.45) is 0 Å². The van der Waals surface area contributed by atoms with Gasteiger partial charge in [0.05, 0.1) is 24.3 Å². The maximum atomic E-state index is 13.1. The number of methoxy groups -OCH3 is 1. The summed E-state index contributed by atoms with van der Waals surface area (Å²) in [6.07, 6.45) is 4.17. The molecule has 0 spiro atoms. The number of carbonyl (C=O) groups excluding carboxylic acids is 2. The van der Waals surface area contributed by atoms with Crippen LogP contribution in [0.1, 0.15) is 29.7 Å². The van der Waals surface area contributed by atoms with E-state index in [-0.39, 0.29) is 23.1 Å². The van der Waals surface area contributed by atoms with Gasteiger partial charge in [-0.25, -0.2) is 4.98 Å². The molecule has 0 bridgehead atoms. The van der Waals surface area contributed by atoms with E-state index in [0.717, 1.165) is 41.5 Å². The summed E-state index contributed by atoms with van der Waals surface area (Å²) in [5.41, 5.74) is 1.10. The zero-order valence-corrected chi connectivity index (χ0v) is 16.8. The minimum atomic E-state index is -0.219. The zero-order valence-electron chi connectivity index (χ0n) is 15.2. The average Bonchev–Trinajstić information content (AvgIpc) is 3.34. The van der Waals surface area contributed by atoms with Crippen LogP contribution < -0.4 is 5.56 Å². The molecular formula is C18H21N3O4S2. The lowest BCUT2D eigenvalue weighted by Gasteiger charge is -2.15. The number of ether oxygens (including phenoxy) is 1. The monoisotopic (exact) mass is 407 g/mol. The van der Waals surface area contributed by atoms with E-state index in [4.69, 9.17) is 9.72 Å². The van der Waals surface area contributed by atoms with Crippen molar-refractivity contribution in [3.05, 3.63) is 20.8 Å². The van der Waals surface area contributed by atoms with Crippen LogP contribution in [0.25, 0.3) is 10.2 Å². The third kappa shape index (κ3) is 3.43. The molecule has 1 aliphatic carbocycles. The van der Waals surface area contributed by atoms with Crippen LogP contribution in [-0.2, 0) is 33.7 Å². The highest BCUT2D eigenvalue weighted by molar-refractivity contribution is 7.99. The van der Waals surface area contributed by atoms with Crippen LogP contribution in [-0.4, -0.2) is 52.3 Å². The molecule has 9 heteroatoms. The standard InChI is InChI=1S/C18H21N3O4S2/c1-25-9-8-21-17(24)15-11-4-2-5-12(11)27-16(15)19-18(21)26-10-14(23)20-7-3-6-13(20)22/h2-10H2,1H3. The summed E-state index contributed by atoms with van der Waals surface area (Å²) in [7, 11) is 1.59. The molecule has 4 rings (SSSR count). The second-order valence-corrected chi connectivity index (χ2v) is 8.74. The van der Waals surface area contributed by atoms with Crippen LogP contribution in [0.5, 0.6) is 0 Å². The van der Waals surface area contributed by atoms with Gasteiger partial charge in [-0.3, -0.25) is 23.9 Å². The van der Waals surface area contributed by atoms with Crippen molar-refractivity contribution in [3.8, 4) is 0 Å².